The topological polar surface area (TPSA) is 37.3 Å². The van der Waals surface area contributed by atoms with Crippen LogP contribution >= 0.6 is 11.8 Å². The molecule has 1 saturated carbocycles. The fourth-order valence-electron chi connectivity index (χ4n) is 1.08. The summed E-state index contributed by atoms with van der Waals surface area (Å²) in [6, 6.07) is 0. The molecule has 1 aliphatic carbocycles. The second-order valence-electron chi connectivity index (χ2n) is 2.71. The van der Waals surface area contributed by atoms with Crippen molar-refractivity contribution in [2.24, 2.45) is 5.92 Å². The van der Waals surface area contributed by atoms with Crippen molar-refractivity contribution < 1.29 is 9.90 Å². The zero-order valence-electron chi connectivity index (χ0n) is 6.04. The van der Waals surface area contributed by atoms with Gasteiger partial charge in [-0.05, 0) is 25.0 Å². The molecule has 0 aromatic heterocycles. The first-order chi connectivity index (χ1) is 4.74. The number of rotatable bonds is 4. The van der Waals surface area contributed by atoms with Gasteiger partial charge in [0.05, 0.1) is 6.42 Å². The van der Waals surface area contributed by atoms with Gasteiger partial charge in [0.15, 0.2) is 0 Å². The van der Waals surface area contributed by atoms with Crippen LogP contribution in [0.3, 0.4) is 0 Å². The predicted octanol–water partition coefficient (Wildman–Crippen LogP) is 1.60. The van der Waals surface area contributed by atoms with Gasteiger partial charge in [0.1, 0.15) is 0 Å². The van der Waals surface area contributed by atoms with E-state index in [1.54, 1.807) is 11.8 Å². The van der Waals surface area contributed by atoms with Gasteiger partial charge in [-0.1, -0.05) is 0 Å². The van der Waals surface area contributed by atoms with Crippen molar-refractivity contribution in [2.45, 2.75) is 24.5 Å². The molecule has 0 heterocycles. The first-order valence-corrected chi connectivity index (χ1v) is 4.77. The Bertz CT molecular complexity index is 132. The first kappa shape index (κ1) is 7.92. The number of carboxylic acid groups (broad SMARTS) is 1. The summed E-state index contributed by atoms with van der Waals surface area (Å²) in [5.74, 6) is 0.0392. The molecular weight excluding hydrogens is 148 g/mol. The molecule has 0 aliphatic heterocycles. The molecule has 2 nitrogen and oxygen atoms in total. The molecule has 1 atom stereocenters. The van der Waals surface area contributed by atoms with Crippen molar-refractivity contribution >= 4 is 17.7 Å². The van der Waals surface area contributed by atoms with Crippen molar-refractivity contribution in [1.29, 1.82) is 0 Å². The Morgan fingerprint density at radius 2 is 2.40 bits per heavy atom. The number of thioether (sulfide) groups is 1. The highest BCUT2D eigenvalue weighted by molar-refractivity contribution is 7.99. The molecule has 1 N–H and O–H groups in total. The van der Waals surface area contributed by atoms with Gasteiger partial charge in [-0.15, -0.1) is 0 Å². The Hall–Kier alpha value is -0.180. The summed E-state index contributed by atoms with van der Waals surface area (Å²) in [5.41, 5.74) is 0. The van der Waals surface area contributed by atoms with E-state index in [-0.39, 0.29) is 0 Å². The minimum absolute atomic E-state index is 0.339. The normalized spacial score (nSPS) is 20.5. The van der Waals surface area contributed by atoms with Crippen LogP contribution in [-0.2, 0) is 4.79 Å². The van der Waals surface area contributed by atoms with Crippen LogP contribution in [0.2, 0.25) is 0 Å². The summed E-state index contributed by atoms with van der Waals surface area (Å²) < 4.78 is 0. The maximum absolute atomic E-state index is 10.3. The predicted molar refractivity (Wildman–Crippen MR) is 42.3 cm³/mol. The second kappa shape index (κ2) is 3.28. The summed E-state index contributed by atoms with van der Waals surface area (Å²) in [5, 5.41) is 8.85. The van der Waals surface area contributed by atoms with Crippen molar-refractivity contribution in [2.75, 3.05) is 6.26 Å². The van der Waals surface area contributed by atoms with E-state index in [0.29, 0.717) is 17.6 Å². The molecule has 0 amide bonds. The van der Waals surface area contributed by atoms with Crippen molar-refractivity contribution in [3.8, 4) is 0 Å². The fraction of sp³-hybridized carbons (Fsp3) is 0.857. The monoisotopic (exact) mass is 160 g/mol. The molecule has 0 radical (unpaired) electrons. The van der Waals surface area contributed by atoms with Crippen molar-refractivity contribution in [1.82, 2.24) is 0 Å². The second-order valence-corrected chi connectivity index (χ2v) is 3.79. The third-order valence-corrected chi connectivity index (χ3v) is 2.98. The highest BCUT2D eigenvalue weighted by atomic mass is 32.2. The maximum atomic E-state index is 10.3. The number of aliphatic carboxylic acids is 1. The van der Waals surface area contributed by atoms with Crippen LogP contribution in [0.5, 0.6) is 0 Å². The van der Waals surface area contributed by atoms with E-state index >= 15 is 0 Å². The first-order valence-electron chi connectivity index (χ1n) is 3.48. The Labute approximate surface area is 65.0 Å². The molecule has 0 spiro atoms. The van der Waals surface area contributed by atoms with E-state index in [2.05, 4.69) is 0 Å². The lowest BCUT2D eigenvalue weighted by Gasteiger charge is -2.08. The van der Waals surface area contributed by atoms with Gasteiger partial charge in [-0.3, -0.25) is 4.79 Å². The molecule has 58 valence electrons. The quantitative estimate of drug-likeness (QED) is 0.678. The SMILES string of the molecule is CSC(CC(=O)O)C1CC1. The maximum Gasteiger partial charge on any atom is 0.304 e. The number of hydrogen-bond acceptors (Lipinski definition) is 2. The lowest BCUT2D eigenvalue weighted by Crippen LogP contribution is -2.11. The van der Waals surface area contributed by atoms with Gasteiger partial charge >= 0.3 is 5.97 Å². The summed E-state index contributed by atoms with van der Waals surface area (Å²) >= 11 is 1.69. The van der Waals surface area contributed by atoms with E-state index in [4.69, 9.17) is 5.11 Å². The molecule has 1 aliphatic rings. The standard InChI is InChI=1S/C7H12O2S/c1-10-6(4-7(8)9)5-2-3-5/h5-6H,2-4H2,1H3,(H,8,9). The van der Waals surface area contributed by atoms with Gasteiger partial charge in [0.25, 0.3) is 0 Å². The molecular formula is C7H12O2S. The average Bonchev–Trinajstić information content (AvgIpc) is 2.63. The van der Waals surface area contributed by atoms with Crippen LogP contribution in [0.25, 0.3) is 0 Å². The smallest absolute Gasteiger partial charge is 0.304 e. The highest BCUT2D eigenvalue weighted by Crippen LogP contribution is 2.39. The van der Waals surface area contributed by atoms with E-state index in [1.807, 2.05) is 6.26 Å². The largest absolute Gasteiger partial charge is 0.481 e. The molecule has 0 aromatic rings. The minimum atomic E-state index is -0.661. The van der Waals surface area contributed by atoms with Crippen LogP contribution in [0.1, 0.15) is 19.3 Å². The van der Waals surface area contributed by atoms with E-state index in [0.717, 1.165) is 0 Å². The Morgan fingerprint density at radius 3 is 2.70 bits per heavy atom. The molecule has 0 saturated heterocycles. The summed E-state index contributed by atoms with van der Waals surface area (Å²) in [7, 11) is 0. The van der Waals surface area contributed by atoms with Crippen LogP contribution in [0, 0.1) is 5.92 Å². The Balaban J connectivity index is 2.25. The molecule has 0 bridgehead atoms. The van der Waals surface area contributed by atoms with Crippen LogP contribution in [0.15, 0.2) is 0 Å². The number of hydrogen-bond donors (Lipinski definition) is 1. The van der Waals surface area contributed by atoms with Crippen LogP contribution in [0.4, 0.5) is 0 Å². The lowest BCUT2D eigenvalue weighted by molar-refractivity contribution is -0.137. The highest BCUT2D eigenvalue weighted by Gasteiger charge is 2.31. The third-order valence-electron chi connectivity index (χ3n) is 1.83. The van der Waals surface area contributed by atoms with Gasteiger partial charge in [0, 0.05) is 5.25 Å². The van der Waals surface area contributed by atoms with Crippen LogP contribution in [-0.4, -0.2) is 22.6 Å². The number of carbonyl (C=O) groups is 1. The molecule has 1 rings (SSSR count). The molecule has 3 heteroatoms. The van der Waals surface area contributed by atoms with Gasteiger partial charge in [-0.2, -0.15) is 11.8 Å². The summed E-state index contributed by atoms with van der Waals surface area (Å²) in [6.07, 6.45) is 4.80. The minimum Gasteiger partial charge on any atom is -0.481 e. The van der Waals surface area contributed by atoms with Crippen molar-refractivity contribution in [3.05, 3.63) is 0 Å². The molecule has 0 aromatic carbocycles. The van der Waals surface area contributed by atoms with Crippen LogP contribution < -0.4 is 0 Å². The van der Waals surface area contributed by atoms with Gasteiger partial charge in [0.2, 0.25) is 0 Å². The number of carboxylic acids is 1. The average molecular weight is 160 g/mol. The van der Waals surface area contributed by atoms with E-state index in [1.165, 1.54) is 12.8 Å². The van der Waals surface area contributed by atoms with E-state index in [9.17, 15) is 4.79 Å². The van der Waals surface area contributed by atoms with E-state index < -0.39 is 5.97 Å². The van der Waals surface area contributed by atoms with Crippen molar-refractivity contribution in [3.63, 3.8) is 0 Å². The summed E-state index contributed by atoms with van der Waals surface area (Å²) in [6.45, 7) is 0. The zero-order chi connectivity index (χ0) is 7.56. The lowest BCUT2D eigenvalue weighted by atomic mass is 10.2. The van der Waals surface area contributed by atoms with Gasteiger partial charge < -0.3 is 5.11 Å². The fourth-order valence-corrected chi connectivity index (χ4v) is 2.05. The zero-order valence-corrected chi connectivity index (χ0v) is 6.86. The molecule has 10 heavy (non-hydrogen) atoms. The summed E-state index contributed by atoms with van der Waals surface area (Å²) in [4.78, 5) is 10.3. The Kier molecular flexibility index (Phi) is 2.60. The third kappa shape index (κ3) is 2.21. The van der Waals surface area contributed by atoms with Gasteiger partial charge in [-0.25, -0.2) is 0 Å². The molecule has 1 fully saturated rings. The molecule has 1 unspecified atom stereocenters. The Morgan fingerprint density at radius 1 is 1.80 bits per heavy atom.